The van der Waals surface area contributed by atoms with Gasteiger partial charge in [0.1, 0.15) is 11.6 Å². The second kappa shape index (κ2) is 6.37. The zero-order valence-electron chi connectivity index (χ0n) is 11.8. The summed E-state index contributed by atoms with van der Waals surface area (Å²) in [6, 6.07) is 9.08. The SMILES string of the molecule is CCCOc1ccc(-c2nc3cc(Cl)c(Cl)cc3[nH]2)cc1Cl. The van der Waals surface area contributed by atoms with E-state index in [1.807, 2.05) is 25.1 Å². The number of aromatic amines is 1. The molecule has 114 valence electrons. The molecule has 1 aromatic heterocycles. The van der Waals surface area contributed by atoms with Crippen LogP contribution in [-0.2, 0) is 0 Å². The summed E-state index contributed by atoms with van der Waals surface area (Å²) in [7, 11) is 0. The first kappa shape index (κ1) is 15.5. The Morgan fingerprint density at radius 1 is 1.05 bits per heavy atom. The Kier molecular flexibility index (Phi) is 4.48. The number of nitrogens with one attached hydrogen (secondary N) is 1. The first-order chi connectivity index (χ1) is 10.6. The van der Waals surface area contributed by atoms with Crippen LogP contribution in [0.1, 0.15) is 13.3 Å². The highest BCUT2D eigenvalue weighted by Crippen LogP contribution is 2.32. The van der Waals surface area contributed by atoms with E-state index in [0.29, 0.717) is 33.2 Å². The Bertz CT molecular complexity index is 791. The molecule has 1 N–H and O–H groups in total. The van der Waals surface area contributed by atoms with Crippen molar-refractivity contribution in [2.24, 2.45) is 0 Å². The second-order valence-corrected chi connectivity index (χ2v) is 6.08. The molecule has 3 rings (SSSR count). The molecule has 0 atom stereocenters. The van der Waals surface area contributed by atoms with Crippen molar-refractivity contribution in [3.63, 3.8) is 0 Å². The average Bonchev–Trinajstić information content (AvgIpc) is 2.89. The fourth-order valence-electron chi connectivity index (χ4n) is 2.12. The molecule has 0 amide bonds. The fraction of sp³-hybridized carbons (Fsp3) is 0.188. The van der Waals surface area contributed by atoms with Gasteiger partial charge in [0.05, 0.1) is 32.7 Å². The van der Waals surface area contributed by atoms with E-state index in [2.05, 4.69) is 9.97 Å². The summed E-state index contributed by atoms with van der Waals surface area (Å²) in [6.07, 6.45) is 0.934. The highest BCUT2D eigenvalue weighted by atomic mass is 35.5. The van der Waals surface area contributed by atoms with E-state index >= 15 is 0 Å². The number of hydrogen-bond donors (Lipinski definition) is 1. The maximum absolute atomic E-state index is 6.26. The predicted octanol–water partition coefficient (Wildman–Crippen LogP) is 5.98. The highest BCUT2D eigenvalue weighted by molar-refractivity contribution is 6.42. The summed E-state index contributed by atoms with van der Waals surface area (Å²) in [6.45, 7) is 2.69. The number of aromatic nitrogens is 2. The van der Waals surface area contributed by atoms with E-state index < -0.39 is 0 Å². The van der Waals surface area contributed by atoms with E-state index in [0.717, 1.165) is 23.0 Å². The number of nitrogens with zero attached hydrogens (tertiary/aromatic N) is 1. The maximum atomic E-state index is 6.26. The zero-order chi connectivity index (χ0) is 15.7. The van der Waals surface area contributed by atoms with Crippen LogP contribution in [0, 0.1) is 0 Å². The number of hydrogen-bond acceptors (Lipinski definition) is 2. The van der Waals surface area contributed by atoms with Gasteiger partial charge in [0.2, 0.25) is 0 Å². The normalized spacial score (nSPS) is 11.1. The molecule has 0 saturated heterocycles. The number of benzene rings is 2. The van der Waals surface area contributed by atoms with Gasteiger partial charge in [-0.3, -0.25) is 0 Å². The van der Waals surface area contributed by atoms with Crippen molar-refractivity contribution in [2.45, 2.75) is 13.3 Å². The Labute approximate surface area is 143 Å². The summed E-state index contributed by atoms with van der Waals surface area (Å²) in [5, 5.41) is 1.53. The topological polar surface area (TPSA) is 37.9 Å². The molecule has 0 aliphatic rings. The minimum absolute atomic E-state index is 0.480. The first-order valence-electron chi connectivity index (χ1n) is 6.86. The van der Waals surface area contributed by atoms with E-state index in [-0.39, 0.29) is 0 Å². The molecule has 0 aliphatic heterocycles. The number of H-pyrrole nitrogens is 1. The second-order valence-electron chi connectivity index (χ2n) is 4.86. The van der Waals surface area contributed by atoms with Crippen LogP contribution in [0.2, 0.25) is 15.1 Å². The molecule has 0 aliphatic carbocycles. The summed E-state index contributed by atoms with van der Waals surface area (Å²) in [5.74, 6) is 1.38. The number of ether oxygens (including phenoxy) is 1. The van der Waals surface area contributed by atoms with Crippen molar-refractivity contribution >= 4 is 45.8 Å². The minimum atomic E-state index is 0.480. The standard InChI is InChI=1S/C16H13Cl3N2O/c1-2-5-22-15-4-3-9(6-12(15)19)16-20-13-7-10(17)11(18)8-14(13)21-16/h3-4,6-8H,2,5H2,1H3,(H,20,21). The van der Waals surface area contributed by atoms with Crippen LogP contribution in [0.5, 0.6) is 5.75 Å². The number of halogens is 3. The van der Waals surface area contributed by atoms with E-state index in [1.165, 1.54) is 0 Å². The lowest BCUT2D eigenvalue weighted by atomic mass is 10.2. The average molecular weight is 356 g/mol. The van der Waals surface area contributed by atoms with Crippen molar-refractivity contribution in [1.29, 1.82) is 0 Å². The predicted molar refractivity (Wildman–Crippen MR) is 92.3 cm³/mol. The number of fused-ring (bicyclic) bond motifs is 1. The van der Waals surface area contributed by atoms with Crippen LogP contribution in [0.25, 0.3) is 22.4 Å². The summed E-state index contributed by atoms with van der Waals surface area (Å²) < 4.78 is 5.57. The zero-order valence-corrected chi connectivity index (χ0v) is 14.1. The molecule has 2 aromatic carbocycles. The van der Waals surface area contributed by atoms with Crippen molar-refractivity contribution < 1.29 is 4.74 Å². The lowest BCUT2D eigenvalue weighted by molar-refractivity contribution is 0.317. The third kappa shape index (κ3) is 3.02. The van der Waals surface area contributed by atoms with E-state index in [1.54, 1.807) is 12.1 Å². The van der Waals surface area contributed by atoms with Gasteiger partial charge in [-0.15, -0.1) is 0 Å². The van der Waals surface area contributed by atoms with Crippen LogP contribution in [-0.4, -0.2) is 16.6 Å². The summed E-state index contributed by atoms with van der Waals surface area (Å²) in [4.78, 5) is 7.74. The van der Waals surface area contributed by atoms with Crippen LogP contribution in [0.4, 0.5) is 0 Å². The fourth-order valence-corrected chi connectivity index (χ4v) is 2.68. The van der Waals surface area contributed by atoms with Gasteiger partial charge in [0.25, 0.3) is 0 Å². The van der Waals surface area contributed by atoms with Crippen molar-refractivity contribution in [3.8, 4) is 17.1 Å². The smallest absolute Gasteiger partial charge is 0.138 e. The summed E-state index contributed by atoms with van der Waals surface area (Å²) >= 11 is 18.3. The molecule has 0 saturated carbocycles. The van der Waals surface area contributed by atoms with Gasteiger partial charge in [-0.05, 0) is 36.8 Å². The van der Waals surface area contributed by atoms with Gasteiger partial charge in [-0.2, -0.15) is 0 Å². The molecule has 0 radical (unpaired) electrons. The molecular weight excluding hydrogens is 343 g/mol. The minimum Gasteiger partial charge on any atom is -0.492 e. The molecular formula is C16H13Cl3N2O. The molecule has 0 spiro atoms. The molecule has 6 heteroatoms. The molecule has 1 heterocycles. The molecule has 0 fully saturated rings. The lowest BCUT2D eigenvalue weighted by Gasteiger charge is -2.07. The Hall–Kier alpha value is -1.42. The molecule has 0 bridgehead atoms. The van der Waals surface area contributed by atoms with Gasteiger partial charge in [0.15, 0.2) is 0 Å². The Balaban J connectivity index is 1.98. The lowest BCUT2D eigenvalue weighted by Crippen LogP contribution is -1.95. The first-order valence-corrected chi connectivity index (χ1v) is 7.99. The third-order valence-corrected chi connectivity index (χ3v) is 4.21. The quantitative estimate of drug-likeness (QED) is 0.625. The van der Waals surface area contributed by atoms with Gasteiger partial charge >= 0.3 is 0 Å². The van der Waals surface area contributed by atoms with Gasteiger partial charge in [-0.25, -0.2) is 4.98 Å². The monoisotopic (exact) mass is 354 g/mol. The Morgan fingerprint density at radius 2 is 1.82 bits per heavy atom. The highest BCUT2D eigenvalue weighted by Gasteiger charge is 2.10. The van der Waals surface area contributed by atoms with Crippen LogP contribution in [0.15, 0.2) is 30.3 Å². The van der Waals surface area contributed by atoms with Gasteiger partial charge in [-0.1, -0.05) is 41.7 Å². The summed E-state index contributed by atoms with van der Waals surface area (Å²) in [5.41, 5.74) is 2.45. The van der Waals surface area contributed by atoms with Gasteiger partial charge < -0.3 is 9.72 Å². The number of imidazole rings is 1. The van der Waals surface area contributed by atoms with Crippen molar-refractivity contribution in [2.75, 3.05) is 6.61 Å². The number of rotatable bonds is 4. The molecule has 3 nitrogen and oxygen atoms in total. The van der Waals surface area contributed by atoms with E-state index in [9.17, 15) is 0 Å². The van der Waals surface area contributed by atoms with Gasteiger partial charge in [0, 0.05) is 5.56 Å². The largest absolute Gasteiger partial charge is 0.492 e. The van der Waals surface area contributed by atoms with E-state index in [4.69, 9.17) is 39.5 Å². The molecule has 22 heavy (non-hydrogen) atoms. The van der Waals surface area contributed by atoms with Crippen LogP contribution in [0.3, 0.4) is 0 Å². The maximum Gasteiger partial charge on any atom is 0.138 e. The van der Waals surface area contributed by atoms with Crippen LogP contribution < -0.4 is 4.74 Å². The Morgan fingerprint density at radius 3 is 2.55 bits per heavy atom. The molecule has 0 unspecified atom stereocenters. The molecule has 3 aromatic rings. The third-order valence-electron chi connectivity index (χ3n) is 3.19. The van der Waals surface area contributed by atoms with Crippen molar-refractivity contribution in [3.05, 3.63) is 45.4 Å². The van der Waals surface area contributed by atoms with Crippen LogP contribution >= 0.6 is 34.8 Å². The van der Waals surface area contributed by atoms with Crippen molar-refractivity contribution in [1.82, 2.24) is 9.97 Å².